The van der Waals surface area contributed by atoms with Gasteiger partial charge in [0.25, 0.3) is 0 Å². The van der Waals surface area contributed by atoms with Gasteiger partial charge in [-0.1, -0.05) is 26.7 Å². The van der Waals surface area contributed by atoms with Gasteiger partial charge in [0.15, 0.2) is 23.1 Å². The van der Waals surface area contributed by atoms with E-state index in [0.717, 1.165) is 134 Å². The van der Waals surface area contributed by atoms with Crippen LogP contribution in [0.25, 0.3) is 0 Å². The van der Waals surface area contributed by atoms with Gasteiger partial charge in [-0.3, -0.25) is 19.2 Å². The van der Waals surface area contributed by atoms with Crippen molar-refractivity contribution in [2.24, 2.45) is 11.8 Å². The highest BCUT2D eigenvalue weighted by Crippen LogP contribution is 2.50. The zero-order chi connectivity index (χ0) is 30.5. The Hall–Kier alpha value is -3.54. The number of rotatable bonds is 6. The monoisotopic (exact) mass is 592 g/mol. The first-order valence-corrected chi connectivity index (χ1v) is 17.2. The Bertz CT molecular complexity index is 1360. The van der Waals surface area contributed by atoms with Crippen molar-refractivity contribution in [1.29, 1.82) is 0 Å². The van der Waals surface area contributed by atoms with Gasteiger partial charge in [0.2, 0.25) is 0 Å². The molecule has 2 heterocycles. The molecule has 6 nitrogen and oxygen atoms in total. The molecule has 7 rings (SSSR count). The molecule has 0 amide bonds. The quantitative estimate of drug-likeness (QED) is 0.332. The lowest BCUT2D eigenvalue weighted by Crippen LogP contribution is -2.40. The van der Waals surface area contributed by atoms with Crippen LogP contribution in [0.3, 0.4) is 0 Å². The van der Waals surface area contributed by atoms with E-state index in [-0.39, 0.29) is 35.0 Å². The Balaban J connectivity index is 1.34. The molecule has 6 heteroatoms. The maximum Gasteiger partial charge on any atom is 0.161 e. The van der Waals surface area contributed by atoms with E-state index >= 15 is 0 Å². The molecule has 0 saturated heterocycles. The summed E-state index contributed by atoms with van der Waals surface area (Å²) < 4.78 is 0. The SMILES string of the molecule is CCCC1C2=C(CCCC2=O)N(c2ccc(N3C4=C(C(=O)CCC4)C(CCC)C4=C3CCCC4=O)cc2)C2=C1C(=O)CCC2. The first-order chi connectivity index (χ1) is 21.4. The topological polar surface area (TPSA) is 74.8 Å². The summed E-state index contributed by atoms with van der Waals surface area (Å²) in [5.74, 6) is 0.661. The number of allylic oxidation sites excluding steroid dienone is 8. The Morgan fingerprint density at radius 1 is 0.477 bits per heavy atom. The predicted octanol–water partition coefficient (Wildman–Crippen LogP) is 8.19. The average Bonchev–Trinajstić information content (AvgIpc) is 3.02. The molecule has 0 saturated carbocycles. The van der Waals surface area contributed by atoms with Crippen LogP contribution in [-0.4, -0.2) is 23.1 Å². The van der Waals surface area contributed by atoms with Crippen LogP contribution in [0.4, 0.5) is 11.4 Å². The highest BCUT2D eigenvalue weighted by atomic mass is 16.1. The number of anilines is 2. The second kappa shape index (κ2) is 11.8. The molecule has 0 bridgehead atoms. The van der Waals surface area contributed by atoms with Crippen LogP contribution in [0, 0.1) is 11.8 Å². The smallest absolute Gasteiger partial charge is 0.161 e. The van der Waals surface area contributed by atoms with E-state index in [1.54, 1.807) is 0 Å². The minimum absolute atomic E-state index is 0.0751. The maximum absolute atomic E-state index is 13.4. The zero-order valence-electron chi connectivity index (χ0n) is 26.3. The van der Waals surface area contributed by atoms with Gasteiger partial charge in [-0.15, -0.1) is 0 Å². The zero-order valence-corrected chi connectivity index (χ0v) is 26.3. The summed E-state index contributed by atoms with van der Waals surface area (Å²) >= 11 is 0. The van der Waals surface area contributed by atoms with Gasteiger partial charge < -0.3 is 9.80 Å². The lowest BCUT2D eigenvalue weighted by atomic mass is 9.72. The standard InChI is InChI=1S/C38H44N2O4/c1-3-9-25-35-27(11-5-15-31(35)41)39(28-12-6-16-32(42)36(25)28)23-19-21-24(22-20-23)40-29-13-7-17-33(43)37(29)26(10-4-2)38-30(40)14-8-18-34(38)44/h19-22,25-26H,3-18H2,1-2H3. The fourth-order valence-corrected chi connectivity index (χ4v) is 9.04. The average molecular weight is 593 g/mol. The molecule has 0 N–H and O–H groups in total. The van der Waals surface area contributed by atoms with Gasteiger partial charge >= 0.3 is 0 Å². The van der Waals surface area contributed by atoms with E-state index in [9.17, 15) is 19.2 Å². The number of hydrogen-bond acceptors (Lipinski definition) is 6. The summed E-state index contributed by atoms with van der Waals surface area (Å²) in [6.45, 7) is 4.28. The molecule has 1 aromatic carbocycles. The van der Waals surface area contributed by atoms with Crippen molar-refractivity contribution in [1.82, 2.24) is 0 Å². The molecule has 4 aliphatic carbocycles. The molecule has 1 aromatic rings. The minimum atomic E-state index is -0.0751. The van der Waals surface area contributed by atoms with Crippen molar-refractivity contribution < 1.29 is 19.2 Å². The Morgan fingerprint density at radius 3 is 1.00 bits per heavy atom. The third-order valence-corrected chi connectivity index (χ3v) is 10.7. The van der Waals surface area contributed by atoms with Gasteiger partial charge in [-0.25, -0.2) is 0 Å². The van der Waals surface area contributed by atoms with Gasteiger partial charge in [-0.05, 0) is 88.5 Å². The third kappa shape index (κ3) is 4.59. The largest absolute Gasteiger partial charge is 0.317 e. The molecule has 230 valence electrons. The van der Waals surface area contributed by atoms with Crippen LogP contribution in [0.1, 0.15) is 117 Å². The van der Waals surface area contributed by atoms with Crippen LogP contribution in [0.5, 0.6) is 0 Å². The van der Waals surface area contributed by atoms with E-state index < -0.39 is 0 Å². The fourth-order valence-electron chi connectivity index (χ4n) is 9.04. The number of ketones is 4. The molecule has 44 heavy (non-hydrogen) atoms. The van der Waals surface area contributed by atoms with Gasteiger partial charge in [-0.2, -0.15) is 0 Å². The molecule has 0 radical (unpaired) electrons. The highest BCUT2D eigenvalue weighted by Gasteiger charge is 2.44. The summed E-state index contributed by atoms with van der Waals surface area (Å²) in [5, 5.41) is 0. The van der Waals surface area contributed by atoms with Crippen LogP contribution < -0.4 is 9.80 Å². The molecule has 0 fully saturated rings. The van der Waals surface area contributed by atoms with E-state index in [1.165, 1.54) is 0 Å². The number of Topliss-reactive ketones (excluding diaryl/α,β-unsaturated/α-hetero) is 4. The summed E-state index contributed by atoms with van der Waals surface area (Å²) in [4.78, 5) is 58.3. The molecule has 0 spiro atoms. The van der Waals surface area contributed by atoms with Crippen LogP contribution >= 0.6 is 0 Å². The van der Waals surface area contributed by atoms with Crippen molar-refractivity contribution in [3.63, 3.8) is 0 Å². The van der Waals surface area contributed by atoms with E-state index in [0.29, 0.717) is 25.7 Å². The third-order valence-electron chi connectivity index (χ3n) is 10.7. The van der Waals surface area contributed by atoms with Crippen molar-refractivity contribution in [3.8, 4) is 0 Å². The van der Waals surface area contributed by atoms with Crippen LogP contribution in [0.15, 0.2) is 69.3 Å². The van der Waals surface area contributed by atoms with E-state index in [2.05, 4.69) is 47.9 Å². The molecule has 0 aromatic heterocycles. The number of carbonyl (C=O) groups excluding carboxylic acids is 4. The highest BCUT2D eigenvalue weighted by molar-refractivity contribution is 6.07. The summed E-state index contributed by atoms with van der Waals surface area (Å²) in [6, 6.07) is 8.49. The van der Waals surface area contributed by atoms with Crippen LogP contribution in [0.2, 0.25) is 0 Å². The molecule has 0 atom stereocenters. The number of hydrogen-bond donors (Lipinski definition) is 0. The molecular formula is C38H44N2O4. The second-order valence-electron chi connectivity index (χ2n) is 13.4. The van der Waals surface area contributed by atoms with Crippen molar-refractivity contribution in [3.05, 3.63) is 69.3 Å². The molecule has 0 unspecified atom stereocenters. The van der Waals surface area contributed by atoms with E-state index in [4.69, 9.17) is 0 Å². The molecule has 6 aliphatic rings. The van der Waals surface area contributed by atoms with Crippen molar-refractivity contribution in [2.75, 3.05) is 9.80 Å². The maximum atomic E-state index is 13.4. The summed E-state index contributed by atoms with van der Waals surface area (Å²) in [5.41, 5.74) is 9.83. The Morgan fingerprint density at radius 2 is 0.750 bits per heavy atom. The molecular weight excluding hydrogens is 548 g/mol. The lowest BCUT2D eigenvalue weighted by molar-refractivity contribution is -0.119. The first-order valence-electron chi connectivity index (χ1n) is 17.2. The second-order valence-corrected chi connectivity index (χ2v) is 13.4. The Labute approximate surface area is 260 Å². The minimum Gasteiger partial charge on any atom is -0.317 e. The normalized spacial score (nSPS) is 23.4. The van der Waals surface area contributed by atoms with Crippen LogP contribution in [-0.2, 0) is 19.2 Å². The first kappa shape index (κ1) is 29.2. The number of nitrogens with zero attached hydrogens (tertiary/aromatic N) is 2. The van der Waals surface area contributed by atoms with Gasteiger partial charge in [0.05, 0.1) is 0 Å². The Kier molecular flexibility index (Phi) is 7.80. The number of carbonyl (C=O) groups is 4. The summed E-state index contributed by atoms with van der Waals surface area (Å²) in [6.07, 6.45) is 12.5. The van der Waals surface area contributed by atoms with Gasteiger partial charge in [0, 0.05) is 94.0 Å². The predicted molar refractivity (Wildman–Crippen MR) is 172 cm³/mol. The lowest BCUT2D eigenvalue weighted by Gasteiger charge is -2.45. The van der Waals surface area contributed by atoms with Crippen molar-refractivity contribution in [2.45, 2.75) is 117 Å². The fraction of sp³-hybridized carbons (Fsp3) is 0.526. The number of benzene rings is 1. The van der Waals surface area contributed by atoms with Crippen molar-refractivity contribution >= 4 is 34.5 Å². The van der Waals surface area contributed by atoms with E-state index in [1.807, 2.05) is 0 Å². The molecule has 2 aliphatic heterocycles. The van der Waals surface area contributed by atoms with Gasteiger partial charge in [0.1, 0.15) is 0 Å². The summed E-state index contributed by atoms with van der Waals surface area (Å²) in [7, 11) is 0.